The Balaban J connectivity index is 2.20. The Morgan fingerprint density at radius 3 is 2.89 bits per heavy atom. The van der Waals surface area contributed by atoms with Crippen molar-refractivity contribution in [1.29, 1.82) is 0 Å². The minimum atomic E-state index is -0.0110. The van der Waals surface area contributed by atoms with Gasteiger partial charge in [-0.25, -0.2) is 14.6 Å². The zero-order chi connectivity index (χ0) is 13.2. The van der Waals surface area contributed by atoms with Crippen LogP contribution in [0.2, 0.25) is 0 Å². The molecule has 0 fully saturated rings. The number of aliphatic hydroxyl groups is 1. The number of fused-ring (bicyclic) bond motifs is 1. The molecule has 0 saturated carbocycles. The van der Waals surface area contributed by atoms with Gasteiger partial charge in [0.1, 0.15) is 5.82 Å². The lowest BCUT2D eigenvalue weighted by Crippen LogP contribution is -2.06. The smallest absolute Gasteiger partial charge is 0.165 e. The number of pyridine rings is 1. The van der Waals surface area contributed by atoms with Gasteiger partial charge in [-0.1, -0.05) is 0 Å². The molecule has 3 N–H and O–H groups in total. The maximum atomic E-state index is 9.01. The van der Waals surface area contributed by atoms with Crippen LogP contribution in [0.4, 0.5) is 5.82 Å². The van der Waals surface area contributed by atoms with Crippen LogP contribution in [0.25, 0.3) is 22.4 Å². The number of hydrogen-bond acceptors (Lipinski definition) is 6. The van der Waals surface area contributed by atoms with Gasteiger partial charge in [0.05, 0.1) is 24.7 Å². The van der Waals surface area contributed by atoms with Gasteiger partial charge in [0.15, 0.2) is 11.5 Å². The normalized spacial score (nSPS) is 11.0. The fourth-order valence-corrected chi connectivity index (χ4v) is 1.86. The van der Waals surface area contributed by atoms with Gasteiger partial charge in [0, 0.05) is 18.0 Å². The maximum absolute atomic E-state index is 9.01. The van der Waals surface area contributed by atoms with Crippen LogP contribution in [0.15, 0.2) is 30.7 Å². The quantitative estimate of drug-likeness (QED) is 0.705. The highest BCUT2D eigenvalue weighted by Gasteiger charge is 2.11. The predicted molar refractivity (Wildman–Crippen MR) is 70.1 cm³/mol. The first-order valence-electron chi connectivity index (χ1n) is 5.80. The molecule has 19 heavy (non-hydrogen) atoms. The zero-order valence-electron chi connectivity index (χ0n) is 10.1. The summed E-state index contributed by atoms with van der Waals surface area (Å²) >= 11 is 0. The van der Waals surface area contributed by atoms with Crippen LogP contribution >= 0.6 is 0 Å². The standard InChI is InChI=1S/C12H12N6O/c13-10-9-7-15-18(4-5-19)12(9)17-11(16-10)8-2-1-3-14-6-8/h1-3,6-7,19H,4-5H2,(H2,13,16,17). The van der Waals surface area contributed by atoms with Crippen LogP contribution < -0.4 is 5.73 Å². The Morgan fingerprint density at radius 1 is 1.26 bits per heavy atom. The summed E-state index contributed by atoms with van der Waals surface area (Å²) in [6.45, 7) is 0.356. The predicted octanol–water partition coefficient (Wildman–Crippen LogP) is 0.463. The van der Waals surface area contributed by atoms with Crippen LogP contribution in [0.3, 0.4) is 0 Å². The summed E-state index contributed by atoms with van der Waals surface area (Å²) in [6.07, 6.45) is 4.96. The molecule has 0 radical (unpaired) electrons. The molecule has 7 heteroatoms. The molecule has 3 rings (SSSR count). The number of rotatable bonds is 3. The van der Waals surface area contributed by atoms with E-state index in [1.165, 1.54) is 0 Å². The van der Waals surface area contributed by atoms with Crippen molar-refractivity contribution < 1.29 is 5.11 Å². The number of nitrogens with two attached hydrogens (primary N) is 1. The highest BCUT2D eigenvalue weighted by atomic mass is 16.3. The lowest BCUT2D eigenvalue weighted by Gasteiger charge is -2.04. The van der Waals surface area contributed by atoms with E-state index in [-0.39, 0.29) is 6.61 Å². The SMILES string of the molecule is Nc1nc(-c2cccnc2)nc2c1cnn2CCO. The lowest BCUT2D eigenvalue weighted by atomic mass is 10.2. The van der Waals surface area contributed by atoms with Crippen molar-refractivity contribution in [3.63, 3.8) is 0 Å². The number of nitrogens with zero attached hydrogens (tertiary/aromatic N) is 5. The van der Waals surface area contributed by atoms with Crippen LogP contribution in [0, 0.1) is 0 Å². The maximum Gasteiger partial charge on any atom is 0.165 e. The molecular weight excluding hydrogens is 244 g/mol. The first-order valence-corrected chi connectivity index (χ1v) is 5.80. The van der Waals surface area contributed by atoms with Gasteiger partial charge >= 0.3 is 0 Å². The minimum Gasteiger partial charge on any atom is -0.394 e. The summed E-state index contributed by atoms with van der Waals surface area (Å²) in [5.74, 6) is 0.867. The Bertz CT molecular complexity index is 709. The molecule has 7 nitrogen and oxygen atoms in total. The number of anilines is 1. The summed E-state index contributed by atoms with van der Waals surface area (Å²) < 4.78 is 1.60. The molecule has 3 aromatic rings. The summed E-state index contributed by atoms with van der Waals surface area (Å²) in [5, 5.41) is 13.8. The number of aliphatic hydroxyl groups excluding tert-OH is 1. The number of nitrogen functional groups attached to an aromatic ring is 1. The third kappa shape index (κ3) is 2.00. The molecule has 96 valence electrons. The second kappa shape index (κ2) is 4.62. The second-order valence-corrected chi connectivity index (χ2v) is 4.00. The third-order valence-corrected chi connectivity index (χ3v) is 2.76. The van der Waals surface area contributed by atoms with Crippen molar-refractivity contribution in [3.05, 3.63) is 30.7 Å². The van der Waals surface area contributed by atoms with E-state index in [0.717, 1.165) is 5.56 Å². The fourth-order valence-electron chi connectivity index (χ4n) is 1.86. The van der Waals surface area contributed by atoms with E-state index in [4.69, 9.17) is 10.8 Å². The third-order valence-electron chi connectivity index (χ3n) is 2.76. The van der Waals surface area contributed by atoms with E-state index in [1.54, 1.807) is 23.3 Å². The van der Waals surface area contributed by atoms with Crippen molar-refractivity contribution in [3.8, 4) is 11.4 Å². The minimum absolute atomic E-state index is 0.0110. The molecule has 0 aliphatic rings. The van der Waals surface area contributed by atoms with Crippen LogP contribution in [-0.4, -0.2) is 36.4 Å². The van der Waals surface area contributed by atoms with E-state index >= 15 is 0 Å². The van der Waals surface area contributed by atoms with Crippen LogP contribution in [-0.2, 0) is 6.54 Å². The zero-order valence-corrected chi connectivity index (χ0v) is 10.1. The molecule has 0 atom stereocenters. The Labute approximate surface area is 108 Å². The van der Waals surface area contributed by atoms with E-state index in [0.29, 0.717) is 29.2 Å². The molecule has 0 amide bonds. The van der Waals surface area contributed by atoms with Gasteiger partial charge in [-0.3, -0.25) is 4.98 Å². The second-order valence-electron chi connectivity index (χ2n) is 4.00. The van der Waals surface area contributed by atoms with Gasteiger partial charge in [-0.05, 0) is 12.1 Å². The van der Waals surface area contributed by atoms with E-state index in [1.807, 2.05) is 12.1 Å². The molecule has 0 unspecified atom stereocenters. The van der Waals surface area contributed by atoms with E-state index < -0.39 is 0 Å². The summed E-state index contributed by atoms with van der Waals surface area (Å²) in [4.78, 5) is 12.7. The average Bonchev–Trinajstić information content (AvgIpc) is 2.84. The number of aromatic nitrogens is 5. The molecular formula is C12H12N6O. The largest absolute Gasteiger partial charge is 0.394 e. The molecule has 0 aliphatic carbocycles. The molecule has 3 aromatic heterocycles. The van der Waals surface area contributed by atoms with E-state index in [2.05, 4.69) is 20.1 Å². The molecule has 0 spiro atoms. The molecule has 3 heterocycles. The van der Waals surface area contributed by atoms with Crippen molar-refractivity contribution in [2.75, 3.05) is 12.3 Å². The van der Waals surface area contributed by atoms with Crippen molar-refractivity contribution >= 4 is 16.9 Å². The highest BCUT2D eigenvalue weighted by Crippen LogP contribution is 2.22. The van der Waals surface area contributed by atoms with Crippen LogP contribution in [0.5, 0.6) is 0 Å². The van der Waals surface area contributed by atoms with Gasteiger partial charge in [0.25, 0.3) is 0 Å². The first-order chi connectivity index (χ1) is 9.29. The molecule has 0 aromatic carbocycles. The van der Waals surface area contributed by atoms with Crippen LogP contribution in [0.1, 0.15) is 0 Å². The summed E-state index contributed by atoms with van der Waals surface area (Å²) in [6, 6.07) is 3.67. The van der Waals surface area contributed by atoms with Crippen molar-refractivity contribution in [2.45, 2.75) is 6.54 Å². The Morgan fingerprint density at radius 2 is 2.16 bits per heavy atom. The highest BCUT2D eigenvalue weighted by molar-refractivity contribution is 5.86. The average molecular weight is 256 g/mol. The molecule has 0 saturated heterocycles. The topological polar surface area (TPSA) is 103 Å². The Kier molecular flexibility index (Phi) is 2.81. The van der Waals surface area contributed by atoms with Crippen molar-refractivity contribution in [1.82, 2.24) is 24.7 Å². The van der Waals surface area contributed by atoms with Gasteiger partial charge < -0.3 is 10.8 Å². The van der Waals surface area contributed by atoms with Gasteiger partial charge in [-0.15, -0.1) is 0 Å². The first kappa shape index (κ1) is 11.5. The van der Waals surface area contributed by atoms with Gasteiger partial charge in [0.2, 0.25) is 0 Å². The number of hydrogen-bond donors (Lipinski definition) is 2. The van der Waals surface area contributed by atoms with Gasteiger partial charge in [-0.2, -0.15) is 5.10 Å². The molecule has 0 aliphatic heterocycles. The molecule has 0 bridgehead atoms. The van der Waals surface area contributed by atoms with Crippen molar-refractivity contribution in [2.24, 2.45) is 0 Å². The fraction of sp³-hybridized carbons (Fsp3) is 0.167. The lowest BCUT2D eigenvalue weighted by molar-refractivity contribution is 0.271. The van der Waals surface area contributed by atoms with E-state index in [9.17, 15) is 0 Å². The summed E-state index contributed by atoms with van der Waals surface area (Å²) in [5.41, 5.74) is 7.31. The monoisotopic (exact) mass is 256 g/mol. The summed E-state index contributed by atoms with van der Waals surface area (Å²) in [7, 11) is 0. The Hall–Kier alpha value is -2.54.